The molecule has 0 aliphatic heterocycles. The molecule has 26 heavy (non-hydrogen) atoms. The predicted molar refractivity (Wildman–Crippen MR) is 94.9 cm³/mol. The van der Waals surface area contributed by atoms with Crippen molar-refractivity contribution in [2.75, 3.05) is 7.11 Å². The van der Waals surface area contributed by atoms with Crippen molar-refractivity contribution in [1.29, 1.82) is 0 Å². The van der Waals surface area contributed by atoms with Gasteiger partial charge in [0.25, 0.3) is 0 Å². The van der Waals surface area contributed by atoms with Crippen LogP contribution in [0.5, 0.6) is 5.75 Å². The third kappa shape index (κ3) is 5.22. The van der Waals surface area contributed by atoms with Gasteiger partial charge in [0, 0.05) is 5.75 Å². The Hall–Kier alpha value is -2.55. The van der Waals surface area contributed by atoms with Gasteiger partial charge in [-0.05, 0) is 17.7 Å². The van der Waals surface area contributed by atoms with Gasteiger partial charge >= 0.3 is 6.18 Å². The van der Waals surface area contributed by atoms with E-state index < -0.39 is 28.9 Å². The molecule has 0 unspecified atom stereocenters. The highest BCUT2D eigenvalue weighted by molar-refractivity contribution is 8.13. The van der Waals surface area contributed by atoms with Crippen molar-refractivity contribution < 1.29 is 22.3 Å². The van der Waals surface area contributed by atoms with Crippen molar-refractivity contribution in [2.45, 2.75) is 11.9 Å². The van der Waals surface area contributed by atoms with Crippen LogP contribution in [-0.4, -0.2) is 18.5 Å². The normalized spacial score (nSPS) is 12.6. The predicted octanol–water partition coefficient (Wildman–Crippen LogP) is 4.44. The molecular formula is C17H15F4N3OS. The van der Waals surface area contributed by atoms with Crippen molar-refractivity contribution in [2.24, 2.45) is 15.9 Å². The maximum Gasteiger partial charge on any atom is 0.419 e. The SMILES string of the molecule is COc1c(C(F)(F)F)ccc(F)c1C=NN=C(N)SCc1ccccc1. The zero-order valence-electron chi connectivity index (χ0n) is 13.6. The smallest absolute Gasteiger partial charge is 0.419 e. The van der Waals surface area contributed by atoms with Gasteiger partial charge in [-0.15, -0.1) is 5.10 Å². The van der Waals surface area contributed by atoms with Crippen LogP contribution in [0.15, 0.2) is 52.7 Å². The lowest BCUT2D eigenvalue weighted by Crippen LogP contribution is -2.10. The molecule has 0 aliphatic rings. The van der Waals surface area contributed by atoms with Gasteiger partial charge in [0.1, 0.15) is 11.6 Å². The number of nitrogens with zero attached hydrogens (tertiary/aromatic N) is 2. The summed E-state index contributed by atoms with van der Waals surface area (Å²) in [6, 6.07) is 10.8. The summed E-state index contributed by atoms with van der Waals surface area (Å²) in [5, 5.41) is 7.34. The number of hydrogen-bond acceptors (Lipinski definition) is 4. The monoisotopic (exact) mass is 385 g/mol. The average molecular weight is 385 g/mol. The summed E-state index contributed by atoms with van der Waals surface area (Å²) < 4.78 is 57.5. The lowest BCUT2D eigenvalue weighted by atomic mass is 10.1. The maximum absolute atomic E-state index is 13.9. The van der Waals surface area contributed by atoms with Gasteiger partial charge in [0.2, 0.25) is 0 Å². The molecule has 0 bridgehead atoms. The van der Waals surface area contributed by atoms with E-state index in [9.17, 15) is 17.6 Å². The van der Waals surface area contributed by atoms with Gasteiger partial charge in [0.05, 0.1) is 24.5 Å². The Balaban J connectivity index is 2.16. The first kappa shape index (κ1) is 19.8. The molecule has 0 radical (unpaired) electrons. The van der Waals surface area contributed by atoms with E-state index in [1.54, 1.807) is 0 Å². The van der Waals surface area contributed by atoms with Crippen molar-refractivity contribution in [3.05, 3.63) is 65.0 Å². The number of methoxy groups -OCH3 is 1. The van der Waals surface area contributed by atoms with Gasteiger partial charge in [0.15, 0.2) is 5.17 Å². The number of thioether (sulfide) groups is 1. The molecule has 0 atom stereocenters. The van der Waals surface area contributed by atoms with Crippen LogP contribution >= 0.6 is 11.8 Å². The minimum Gasteiger partial charge on any atom is -0.495 e. The van der Waals surface area contributed by atoms with E-state index in [1.165, 1.54) is 11.8 Å². The Labute approximate surface area is 151 Å². The number of benzene rings is 2. The molecule has 0 saturated heterocycles. The van der Waals surface area contributed by atoms with Crippen molar-refractivity contribution in [3.8, 4) is 5.75 Å². The quantitative estimate of drug-likeness (QED) is 0.358. The third-order valence-electron chi connectivity index (χ3n) is 3.23. The second kappa shape index (κ2) is 8.70. The molecule has 9 heteroatoms. The summed E-state index contributed by atoms with van der Waals surface area (Å²) in [5.74, 6) is -1.02. The zero-order valence-corrected chi connectivity index (χ0v) is 14.4. The van der Waals surface area contributed by atoms with Crippen LogP contribution in [0.25, 0.3) is 0 Å². The van der Waals surface area contributed by atoms with Crippen molar-refractivity contribution >= 4 is 23.1 Å². The Bertz CT molecular complexity index is 808. The molecule has 0 aliphatic carbocycles. The molecule has 0 amide bonds. The van der Waals surface area contributed by atoms with E-state index in [-0.39, 0.29) is 5.17 Å². The molecule has 2 aromatic carbocycles. The molecular weight excluding hydrogens is 370 g/mol. The van der Waals surface area contributed by atoms with Crippen molar-refractivity contribution in [1.82, 2.24) is 0 Å². The summed E-state index contributed by atoms with van der Waals surface area (Å²) in [5.41, 5.74) is 5.16. The number of rotatable bonds is 5. The third-order valence-corrected chi connectivity index (χ3v) is 4.08. The van der Waals surface area contributed by atoms with E-state index in [2.05, 4.69) is 10.2 Å². The van der Waals surface area contributed by atoms with Gasteiger partial charge < -0.3 is 10.5 Å². The molecule has 0 spiro atoms. The largest absolute Gasteiger partial charge is 0.495 e. The minimum absolute atomic E-state index is 0.0939. The lowest BCUT2D eigenvalue weighted by Gasteiger charge is -2.14. The molecule has 0 heterocycles. The highest BCUT2D eigenvalue weighted by Gasteiger charge is 2.35. The minimum atomic E-state index is -4.69. The first-order valence-electron chi connectivity index (χ1n) is 7.30. The fraction of sp³-hybridized carbons (Fsp3) is 0.176. The topological polar surface area (TPSA) is 60.0 Å². The Morgan fingerprint density at radius 1 is 1.19 bits per heavy atom. The first-order valence-corrected chi connectivity index (χ1v) is 8.28. The lowest BCUT2D eigenvalue weighted by molar-refractivity contribution is -0.138. The number of hydrogen-bond donors (Lipinski definition) is 1. The Morgan fingerprint density at radius 2 is 1.88 bits per heavy atom. The number of amidine groups is 1. The molecule has 0 saturated carbocycles. The average Bonchev–Trinajstić information content (AvgIpc) is 2.61. The fourth-order valence-electron chi connectivity index (χ4n) is 2.04. The molecule has 0 fully saturated rings. The molecule has 2 N–H and O–H groups in total. The Morgan fingerprint density at radius 3 is 2.50 bits per heavy atom. The van der Waals surface area contributed by atoms with Crippen LogP contribution in [0.1, 0.15) is 16.7 Å². The van der Waals surface area contributed by atoms with Crippen LogP contribution in [0, 0.1) is 5.82 Å². The van der Waals surface area contributed by atoms with E-state index >= 15 is 0 Å². The summed E-state index contributed by atoms with van der Waals surface area (Å²) in [4.78, 5) is 0. The highest BCUT2D eigenvalue weighted by atomic mass is 32.2. The summed E-state index contributed by atoms with van der Waals surface area (Å²) in [7, 11) is 1.02. The fourth-order valence-corrected chi connectivity index (χ4v) is 2.65. The highest BCUT2D eigenvalue weighted by Crippen LogP contribution is 2.38. The number of ether oxygens (including phenoxy) is 1. The van der Waals surface area contributed by atoms with Crippen LogP contribution in [0.4, 0.5) is 17.6 Å². The molecule has 2 rings (SSSR count). The van der Waals surface area contributed by atoms with E-state index in [0.717, 1.165) is 18.9 Å². The van der Waals surface area contributed by atoms with Gasteiger partial charge in [-0.1, -0.05) is 42.1 Å². The molecule has 4 nitrogen and oxygen atoms in total. The maximum atomic E-state index is 13.9. The van der Waals surface area contributed by atoms with E-state index in [0.29, 0.717) is 17.9 Å². The number of nitrogens with two attached hydrogens (primary N) is 1. The Kier molecular flexibility index (Phi) is 6.62. The van der Waals surface area contributed by atoms with Gasteiger partial charge in [-0.25, -0.2) is 4.39 Å². The number of alkyl halides is 3. The number of halogens is 4. The first-order chi connectivity index (χ1) is 12.3. The van der Waals surface area contributed by atoms with Crippen LogP contribution in [0.3, 0.4) is 0 Å². The second-order valence-corrected chi connectivity index (χ2v) is 5.99. The molecule has 2 aromatic rings. The zero-order chi connectivity index (χ0) is 19.2. The van der Waals surface area contributed by atoms with Crippen molar-refractivity contribution in [3.63, 3.8) is 0 Å². The van der Waals surface area contributed by atoms with Gasteiger partial charge in [-0.3, -0.25) is 0 Å². The summed E-state index contributed by atoms with van der Waals surface area (Å²) in [6.07, 6.45) is -3.84. The standard InChI is InChI=1S/C17H15F4N3OS/c1-25-15-12(14(18)8-7-13(15)17(19,20)21)9-23-24-16(22)26-10-11-5-3-2-4-6-11/h2-9H,10H2,1H3,(H2,22,24). The van der Waals surface area contributed by atoms with Crippen LogP contribution < -0.4 is 10.5 Å². The molecule has 0 aromatic heterocycles. The van der Waals surface area contributed by atoms with E-state index in [4.69, 9.17) is 10.5 Å². The van der Waals surface area contributed by atoms with Crippen LogP contribution in [-0.2, 0) is 11.9 Å². The van der Waals surface area contributed by atoms with Crippen LogP contribution in [0.2, 0.25) is 0 Å². The molecule has 138 valence electrons. The summed E-state index contributed by atoms with van der Waals surface area (Å²) in [6.45, 7) is 0. The summed E-state index contributed by atoms with van der Waals surface area (Å²) >= 11 is 1.20. The van der Waals surface area contributed by atoms with E-state index in [1.807, 2.05) is 30.3 Å². The van der Waals surface area contributed by atoms with Gasteiger partial charge in [-0.2, -0.15) is 18.3 Å². The second-order valence-electron chi connectivity index (χ2n) is 5.00.